The zero-order valence-corrected chi connectivity index (χ0v) is 70.9. The molecule has 20 aromatic carbocycles. The molecule has 0 atom stereocenters. The van der Waals surface area contributed by atoms with Crippen LogP contribution >= 0.6 is 0 Å². The Bertz CT molecular complexity index is 6650. The predicted octanol–water partition coefficient (Wildman–Crippen LogP) is 26.4. The van der Waals surface area contributed by atoms with Crippen LogP contribution in [0.1, 0.15) is 0 Å². The Labute approximate surface area is 731 Å². The van der Waals surface area contributed by atoms with Gasteiger partial charge in [0.2, 0.25) is 0 Å². The molecule has 20 aromatic rings. The molecule has 0 aromatic heterocycles. The molecule has 124 heavy (non-hydrogen) atoms. The smallest absolute Gasteiger partial charge is 0.179 e. The van der Waals surface area contributed by atoms with Crippen LogP contribution in [-0.2, 0) is 0 Å². The molecule has 0 amide bonds. The molecular weight excluding hydrogens is 1530 g/mol. The summed E-state index contributed by atoms with van der Waals surface area (Å²) in [6.45, 7) is 0. The molecule has 0 fully saturated rings. The normalized spacial score (nSPS) is 11.2. The van der Waals surface area contributed by atoms with Crippen molar-refractivity contribution >= 4 is 91.8 Å². The Morgan fingerprint density at radius 1 is 0.113 bits per heavy atom. The maximum Gasteiger partial charge on any atom is 0.179 e. The first-order valence-electron chi connectivity index (χ1n) is 42.7. The van der Waals surface area contributed by atoms with E-state index in [4.69, 9.17) is 0 Å². The van der Waals surface area contributed by atoms with Crippen LogP contribution in [0.3, 0.4) is 0 Å². The number of para-hydroxylation sites is 1. The van der Waals surface area contributed by atoms with Crippen molar-refractivity contribution < 1.29 is 0 Å². The second kappa shape index (κ2) is 36.6. The molecule has 0 aliphatic heterocycles. The minimum Gasteiger partial charge on any atom is -0.310 e. The van der Waals surface area contributed by atoms with E-state index >= 15 is 0 Å². The third kappa shape index (κ3) is 16.1. The second-order valence-electron chi connectivity index (χ2n) is 31.3. The highest BCUT2D eigenvalue weighted by Crippen LogP contribution is 2.48. The van der Waals surface area contributed by atoms with Crippen LogP contribution in [0, 0.1) is 0 Å². The van der Waals surface area contributed by atoms with Gasteiger partial charge in [0.05, 0.1) is 17.1 Å². The van der Waals surface area contributed by atoms with Gasteiger partial charge in [-0.2, -0.15) is 0 Å². The molecule has 0 saturated carbocycles. The van der Waals surface area contributed by atoms with Gasteiger partial charge in [-0.1, -0.05) is 491 Å². The minimum absolute atomic E-state index is 1.08. The van der Waals surface area contributed by atoms with E-state index in [-0.39, 0.29) is 0 Å². The number of anilines is 6. The first kappa shape index (κ1) is 78.3. The molecule has 4 heteroatoms. The van der Waals surface area contributed by atoms with Gasteiger partial charge in [0.25, 0.3) is 0 Å². The van der Waals surface area contributed by atoms with E-state index in [1.54, 1.807) is 0 Å². The number of hydrogen-bond donors (Lipinski definition) is 0. The fourth-order valence-corrected chi connectivity index (χ4v) is 27.6. The summed E-state index contributed by atoms with van der Waals surface area (Å²) in [5.41, 5.74) is 25.4. The molecule has 588 valence electrons. The maximum absolute atomic E-state index is 2.63. The quantitative estimate of drug-likeness (QED) is 0.0493. The lowest BCUT2D eigenvalue weighted by Gasteiger charge is -2.34. The van der Waals surface area contributed by atoms with E-state index in [1.807, 2.05) is 0 Å². The summed E-state index contributed by atoms with van der Waals surface area (Å²) < 4.78 is 0. The Morgan fingerprint density at radius 2 is 0.290 bits per heavy atom. The van der Waals surface area contributed by atoms with Gasteiger partial charge in [0.15, 0.2) is 16.1 Å². The predicted molar refractivity (Wildman–Crippen MR) is 533 cm³/mol. The standard InChI is InChI=1S/2C60H45NSi/c1-7-21-46(22-8-1)51-39-44-58(50-25-11-3-12-26-50)60(45-51)61(59-34-20-19-33-57(59)49-23-9-2-10-24-49)52-40-35-47(36-41-52)48-37-42-56(43-38-48)62(53-27-13-4-14-28-53,54-29-15-5-16-30-54)55-31-17-6-18-32-55;1-7-19-46(20-8-1)48-31-38-53(39-32-48)61(60-45-52(47-21-9-2-10-22-47)37-44-59(60)51-23-11-3-12-24-51)54-40-33-49(34-41-54)50-35-42-58(43-36-50)62(55-25-13-4-14-26-55,56-27-15-5-16-28-56)57-29-17-6-18-30-57/h2*1-45H. The van der Waals surface area contributed by atoms with Crippen molar-refractivity contribution in [1.29, 1.82) is 0 Å². The van der Waals surface area contributed by atoms with Gasteiger partial charge in [-0.3, -0.25) is 0 Å². The monoisotopic (exact) mass is 1610 g/mol. The van der Waals surface area contributed by atoms with Gasteiger partial charge in [-0.15, -0.1) is 0 Å². The second-order valence-corrected chi connectivity index (χ2v) is 39.0. The molecule has 0 bridgehead atoms. The number of hydrogen-bond acceptors (Lipinski definition) is 2. The fourth-order valence-electron chi connectivity index (χ4n) is 18.1. The summed E-state index contributed by atoms with van der Waals surface area (Å²) in [5.74, 6) is 0. The topological polar surface area (TPSA) is 6.48 Å². The molecule has 0 spiro atoms. The van der Waals surface area contributed by atoms with Crippen LogP contribution in [0.15, 0.2) is 546 Å². The number of benzene rings is 20. The Hall–Kier alpha value is -15.6. The van der Waals surface area contributed by atoms with Crippen LogP contribution in [0.2, 0.25) is 0 Å². The minimum atomic E-state index is -2.63. The van der Waals surface area contributed by atoms with Crippen molar-refractivity contribution in [2.45, 2.75) is 0 Å². The summed E-state index contributed by atoms with van der Waals surface area (Å²) in [4.78, 5) is 4.86. The van der Waals surface area contributed by atoms with Crippen molar-refractivity contribution in [3.63, 3.8) is 0 Å². The molecule has 0 heterocycles. The Kier molecular flexibility index (Phi) is 23.1. The van der Waals surface area contributed by atoms with Crippen LogP contribution in [0.4, 0.5) is 34.1 Å². The highest BCUT2D eigenvalue weighted by molar-refractivity contribution is 7.20. The van der Waals surface area contributed by atoms with Crippen LogP contribution in [-0.4, -0.2) is 16.1 Å². The summed E-state index contributed by atoms with van der Waals surface area (Å²) >= 11 is 0. The number of rotatable bonds is 22. The van der Waals surface area contributed by atoms with Gasteiger partial charge in [0, 0.05) is 33.8 Å². The van der Waals surface area contributed by atoms with Crippen molar-refractivity contribution in [3.8, 4) is 89.0 Å². The lowest BCUT2D eigenvalue weighted by Crippen LogP contribution is -2.74. The summed E-state index contributed by atoms with van der Waals surface area (Å²) in [5, 5.41) is 11.0. The average molecular weight is 1620 g/mol. The van der Waals surface area contributed by atoms with E-state index in [0.717, 1.165) is 39.7 Å². The van der Waals surface area contributed by atoms with Crippen molar-refractivity contribution in [2.75, 3.05) is 9.80 Å². The van der Waals surface area contributed by atoms with Crippen molar-refractivity contribution in [1.82, 2.24) is 0 Å². The van der Waals surface area contributed by atoms with Gasteiger partial charge < -0.3 is 9.80 Å². The molecule has 0 saturated heterocycles. The Morgan fingerprint density at radius 3 is 0.565 bits per heavy atom. The molecule has 0 radical (unpaired) electrons. The van der Waals surface area contributed by atoms with E-state index < -0.39 is 16.1 Å². The highest BCUT2D eigenvalue weighted by atomic mass is 28.3. The SMILES string of the molecule is c1ccc(-c2ccc(-c3ccccc3)c(N(c3ccc(-c4ccc([Si](c5ccccc5)(c5ccccc5)c5ccccc5)cc4)cc3)c3ccccc3-c3ccccc3)c2)cc1.c1ccc(-c2ccc(N(c3ccc(-c4ccc([Si](c5ccccc5)(c5ccccc5)c5ccccc5)cc4)cc3)c3cc(-c4ccccc4)ccc3-c3ccccc3)cc2)cc1. The van der Waals surface area contributed by atoms with Gasteiger partial charge in [-0.25, -0.2) is 0 Å². The molecular formula is C120H90N2Si2. The van der Waals surface area contributed by atoms with E-state index in [0.29, 0.717) is 0 Å². The zero-order valence-electron chi connectivity index (χ0n) is 68.9. The van der Waals surface area contributed by atoms with Crippen LogP contribution < -0.4 is 51.3 Å². The van der Waals surface area contributed by atoms with E-state index in [1.165, 1.54) is 125 Å². The molecule has 0 aliphatic carbocycles. The third-order valence-electron chi connectivity index (χ3n) is 24.1. The van der Waals surface area contributed by atoms with Crippen molar-refractivity contribution in [2.24, 2.45) is 0 Å². The molecule has 0 N–H and O–H groups in total. The summed E-state index contributed by atoms with van der Waals surface area (Å²) in [6.07, 6.45) is 0. The lowest BCUT2D eigenvalue weighted by molar-refractivity contribution is 1.28. The largest absolute Gasteiger partial charge is 0.310 e. The first-order valence-corrected chi connectivity index (χ1v) is 46.7. The summed E-state index contributed by atoms with van der Waals surface area (Å²) in [6, 6.07) is 199. The molecule has 0 unspecified atom stereocenters. The summed E-state index contributed by atoms with van der Waals surface area (Å²) in [7, 11) is -5.24. The molecule has 0 aliphatic rings. The number of nitrogens with zero attached hydrogens (tertiary/aromatic N) is 2. The zero-order chi connectivity index (χ0) is 83.1. The van der Waals surface area contributed by atoms with Gasteiger partial charge >= 0.3 is 0 Å². The average Bonchev–Trinajstić information content (AvgIpc) is 0.735. The van der Waals surface area contributed by atoms with Crippen LogP contribution in [0.25, 0.3) is 89.0 Å². The lowest BCUT2D eigenvalue weighted by atomic mass is 9.95. The first-order chi connectivity index (χ1) is 61.5. The maximum atomic E-state index is 2.45. The van der Waals surface area contributed by atoms with E-state index in [2.05, 4.69) is 556 Å². The van der Waals surface area contributed by atoms with Crippen LogP contribution in [0.5, 0.6) is 0 Å². The van der Waals surface area contributed by atoms with Gasteiger partial charge in [0.1, 0.15) is 0 Å². The Balaban J connectivity index is 0.000000163. The van der Waals surface area contributed by atoms with E-state index in [9.17, 15) is 0 Å². The fraction of sp³-hybridized carbons (Fsp3) is 0. The molecule has 20 rings (SSSR count). The third-order valence-corrected chi connectivity index (χ3v) is 33.7. The van der Waals surface area contributed by atoms with Gasteiger partial charge in [-0.05, 0) is 168 Å². The van der Waals surface area contributed by atoms with Crippen molar-refractivity contribution in [3.05, 3.63) is 546 Å². The highest BCUT2D eigenvalue weighted by Gasteiger charge is 2.43. The molecule has 2 nitrogen and oxygen atoms in total.